The van der Waals surface area contributed by atoms with E-state index < -0.39 is 6.04 Å². The van der Waals surface area contributed by atoms with Gasteiger partial charge in [-0.15, -0.1) is 11.3 Å². The van der Waals surface area contributed by atoms with Crippen molar-refractivity contribution in [1.29, 1.82) is 0 Å². The molecular formula is C29H28N2O3S. The van der Waals surface area contributed by atoms with Crippen LogP contribution in [0.25, 0.3) is 0 Å². The van der Waals surface area contributed by atoms with Gasteiger partial charge < -0.3 is 15.0 Å². The maximum absolute atomic E-state index is 13.7. The van der Waals surface area contributed by atoms with Crippen LogP contribution in [-0.4, -0.2) is 23.8 Å². The molecule has 5 nitrogen and oxygen atoms in total. The summed E-state index contributed by atoms with van der Waals surface area (Å²) in [6.45, 7) is 0.686. The summed E-state index contributed by atoms with van der Waals surface area (Å²) in [7, 11) is 1.62. The third-order valence-corrected chi connectivity index (χ3v) is 6.60. The number of thiophene rings is 1. The second-order valence-corrected chi connectivity index (χ2v) is 9.17. The van der Waals surface area contributed by atoms with Gasteiger partial charge in [0.2, 0.25) is 11.8 Å². The van der Waals surface area contributed by atoms with Crippen LogP contribution >= 0.6 is 11.3 Å². The number of benzene rings is 3. The smallest absolute Gasteiger partial charge is 0.247 e. The lowest BCUT2D eigenvalue weighted by atomic mass is 10.0. The Hall–Kier alpha value is -3.90. The lowest BCUT2D eigenvalue weighted by Crippen LogP contribution is -2.43. The van der Waals surface area contributed by atoms with Gasteiger partial charge in [-0.05, 0) is 40.3 Å². The van der Waals surface area contributed by atoms with E-state index in [1.165, 1.54) is 11.3 Å². The van der Waals surface area contributed by atoms with Gasteiger partial charge in [0.1, 0.15) is 11.8 Å². The maximum Gasteiger partial charge on any atom is 0.247 e. The molecule has 0 bridgehead atoms. The molecule has 0 fully saturated rings. The number of hydrogen-bond donors (Lipinski definition) is 1. The number of methoxy groups -OCH3 is 1. The molecule has 3 aromatic carbocycles. The van der Waals surface area contributed by atoms with Gasteiger partial charge in [-0.25, -0.2) is 0 Å². The molecule has 0 aliphatic carbocycles. The molecule has 178 valence electrons. The number of nitrogens with one attached hydrogen (secondary N) is 1. The second kappa shape index (κ2) is 12.0. The van der Waals surface area contributed by atoms with Crippen molar-refractivity contribution in [2.45, 2.75) is 25.6 Å². The van der Waals surface area contributed by atoms with Gasteiger partial charge in [0, 0.05) is 18.0 Å². The molecule has 0 radical (unpaired) electrons. The first-order valence-electron chi connectivity index (χ1n) is 11.5. The number of ether oxygens (including phenoxy) is 1. The van der Waals surface area contributed by atoms with Gasteiger partial charge >= 0.3 is 0 Å². The Morgan fingerprint density at radius 2 is 1.54 bits per heavy atom. The van der Waals surface area contributed by atoms with Gasteiger partial charge in [-0.3, -0.25) is 9.59 Å². The Labute approximate surface area is 210 Å². The zero-order chi connectivity index (χ0) is 24.5. The summed E-state index contributed by atoms with van der Waals surface area (Å²) in [6, 6.07) is 29.9. The highest BCUT2D eigenvalue weighted by atomic mass is 32.1. The number of carbonyl (C=O) groups is 2. The topological polar surface area (TPSA) is 58.6 Å². The van der Waals surface area contributed by atoms with Gasteiger partial charge in [-0.1, -0.05) is 78.9 Å². The highest BCUT2D eigenvalue weighted by molar-refractivity contribution is 7.10. The summed E-state index contributed by atoms with van der Waals surface area (Å²) in [6.07, 6.45) is 0.239. The SMILES string of the molecule is COc1ccc(CN(C(=O)Cc2cccs2)[C@H](C(=O)NCc2ccccc2)c2ccccc2)cc1. The van der Waals surface area contributed by atoms with Crippen molar-refractivity contribution in [3.8, 4) is 5.75 Å². The molecule has 1 atom stereocenters. The van der Waals surface area contributed by atoms with E-state index in [-0.39, 0.29) is 18.2 Å². The van der Waals surface area contributed by atoms with Crippen molar-refractivity contribution in [3.05, 3.63) is 124 Å². The Kier molecular flexibility index (Phi) is 8.30. The average molecular weight is 485 g/mol. The first kappa shape index (κ1) is 24.2. The number of amides is 2. The first-order valence-corrected chi connectivity index (χ1v) is 12.3. The number of nitrogens with zero attached hydrogens (tertiary/aromatic N) is 1. The van der Waals surface area contributed by atoms with Crippen molar-refractivity contribution < 1.29 is 14.3 Å². The van der Waals surface area contributed by atoms with Crippen LogP contribution in [0.4, 0.5) is 0 Å². The highest BCUT2D eigenvalue weighted by Gasteiger charge is 2.31. The van der Waals surface area contributed by atoms with Crippen LogP contribution in [0, 0.1) is 0 Å². The van der Waals surface area contributed by atoms with Gasteiger partial charge in [0.15, 0.2) is 0 Å². The lowest BCUT2D eigenvalue weighted by Gasteiger charge is -2.31. The monoisotopic (exact) mass is 484 g/mol. The summed E-state index contributed by atoms with van der Waals surface area (Å²) in [4.78, 5) is 29.9. The second-order valence-electron chi connectivity index (χ2n) is 8.14. The van der Waals surface area contributed by atoms with Crippen LogP contribution in [0.2, 0.25) is 0 Å². The Balaban J connectivity index is 1.65. The molecule has 4 aromatic rings. The maximum atomic E-state index is 13.7. The van der Waals surface area contributed by atoms with E-state index in [1.54, 1.807) is 12.0 Å². The van der Waals surface area contributed by atoms with E-state index in [1.807, 2.05) is 102 Å². The van der Waals surface area contributed by atoms with Crippen molar-refractivity contribution >= 4 is 23.2 Å². The van der Waals surface area contributed by atoms with Crippen LogP contribution < -0.4 is 10.1 Å². The number of hydrogen-bond acceptors (Lipinski definition) is 4. The van der Waals surface area contributed by atoms with E-state index in [4.69, 9.17) is 4.74 Å². The largest absolute Gasteiger partial charge is 0.497 e. The summed E-state index contributed by atoms with van der Waals surface area (Å²) < 4.78 is 5.28. The van der Waals surface area contributed by atoms with E-state index in [2.05, 4.69) is 5.32 Å². The van der Waals surface area contributed by atoms with Crippen LogP contribution in [0.1, 0.15) is 27.6 Å². The Morgan fingerprint density at radius 1 is 0.857 bits per heavy atom. The van der Waals surface area contributed by atoms with Crippen molar-refractivity contribution in [3.63, 3.8) is 0 Å². The van der Waals surface area contributed by atoms with Crippen LogP contribution in [0.3, 0.4) is 0 Å². The fourth-order valence-corrected chi connectivity index (χ4v) is 4.60. The fraction of sp³-hybridized carbons (Fsp3) is 0.172. The van der Waals surface area contributed by atoms with Crippen molar-refractivity contribution in [1.82, 2.24) is 10.2 Å². The first-order chi connectivity index (χ1) is 17.1. The van der Waals surface area contributed by atoms with Crippen LogP contribution in [0.5, 0.6) is 5.75 Å². The fourth-order valence-electron chi connectivity index (χ4n) is 3.90. The van der Waals surface area contributed by atoms with E-state index in [0.29, 0.717) is 13.1 Å². The summed E-state index contributed by atoms with van der Waals surface area (Å²) in [5, 5.41) is 5.00. The Bertz CT molecular complexity index is 1210. The Morgan fingerprint density at radius 3 is 2.17 bits per heavy atom. The summed E-state index contributed by atoms with van der Waals surface area (Å²) in [5.41, 5.74) is 2.69. The third-order valence-electron chi connectivity index (χ3n) is 5.72. The number of rotatable bonds is 10. The molecule has 0 saturated heterocycles. The predicted octanol–water partition coefficient (Wildman–Crippen LogP) is 5.39. The summed E-state index contributed by atoms with van der Waals surface area (Å²) in [5.74, 6) is 0.422. The van der Waals surface area contributed by atoms with Crippen molar-refractivity contribution in [2.75, 3.05) is 7.11 Å². The minimum atomic E-state index is -0.769. The summed E-state index contributed by atoms with van der Waals surface area (Å²) >= 11 is 1.54. The molecule has 0 unspecified atom stereocenters. The van der Waals surface area contributed by atoms with Gasteiger partial charge in [0.25, 0.3) is 0 Å². The molecule has 1 heterocycles. The minimum absolute atomic E-state index is 0.105. The third kappa shape index (κ3) is 6.58. The van der Waals surface area contributed by atoms with Gasteiger partial charge in [-0.2, -0.15) is 0 Å². The number of carbonyl (C=O) groups excluding carboxylic acids is 2. The van der Waals surface area contributed by atoms with E-state index >= 15 is 0 Å². The molecule has 0 aliphatic rings. The van der Waals surface area contributed by atoms with Crippen LogP contribution in [-0.2, 0) is 29.1 Å². The van der Waals surface area contributed by atoms with Crippen molar-refractivity contribution in [2.24, 2.45) is 0 Å². The normalized spacial score (nSPS) is 11.5. The molecule has 0 aliphatic heterocycles. The molecule has 4 rings (SSSR count). The molecule has 6 heteroatoms. The van der Waals surface area contributed by atoms with E-state index in [0.717, 1.165) is 27.3 Å². The standard InChI is InChI=1S/C29H28N2O3S/c1-34-25-16-14-23(15-17-25)21-31(27(32)19-26-13-8-18-35-26)28(24-11-6-3-7-12-24)29(33)30-20-22-9-4-2-5-10-22/h2-18,28H,19-21H2,1H3,(H,30,33)/t28-/m0/s1. The predicted molar refractivity (Wildman–Crippen MR) is 139 cm³/mol. The van der Waals surface area contributed by atoms with E-state index in [9.17, 15) is 9.59 Å². The zero-order valence-corrected chi connectivity index (χ0v) is 20.4. The minimum Gasteiger partial charge on any atom is -0.497 e. The van der Waals surface area contributed by atoms with Crippen LogP contribution in [0.15, 0.2) is 102 Å². The molecule has 35 heavy (non-hydrogen) atoms. The molecule has 1 N–H and O–H groups in total. The molecule has 0 saturated carbocycles. The highest BCUT2D eigenvalue weighted by Crippen LogP contribution is 2.26. The van der Waals surface area contributed by atoms with Gasteiger partial charge in [0.05, 0.1) is 13.5 Å². The molecular weight excluding hydrogens is 456 g/mol. The lowest BCUT2D eigenvalue weighted by molar-refractivity contribution is -0.141. The molecule has 2 amide bonds. The quantitative estimate of drug-likeness (QED) is 0.329. The zero-order valence-electron chi connectivity index (χ0n) is 19.6. The average Bonchev–Trinajstić information content (AvgIpc) is 3.42. The molecule has 0 spiro atoms. The molecule has 1 aromatic heterocycles.